The summed E-state index contributed by atoms with van der Waals surface area (Å²) in [6, 6.07) is 9.79. The molecule has 2 aliphatic heterocycles. The number of carbonyl (C=O) groups is 2. The number of amides is 1. The van der Waals surface area contributed by atoms with E-state index >= 15 is 0 Å². The Morgan fingerprint density at radius 1 is 1.20 bits per heavy atom. The number of Topliss-reactive ketones (excluding diaryl/α,β-unsaturated/α-hetero) is 1. The number of carbonyl (C=O) groups excluding carboxylic acids is 2. The molecule has 1 saturated heterocycles. The molecule has 158 valence electrons. The van der Waals surface area contributed by atoms with Crippen LogP contribution in [0.1, 0.15) is 40.8 Å². The van der Waals surface area contributed by atoms with Crippen LogP contribution in [-0.4, -0.2) is 59.9 Å². The van der Waals surface area contributed by atoms with Crippen LogP contribution in [0, 0.1) is 6.92 Å². The van der Waals surface area contributed by atoms with E-state index in [2.05, 4.69) is 4.90 Å². The molecule has 30 heavy (non-hydrogen) atoms. The molecule has 1 amide bonds. The van der Waals surface area contributed by atoms with Gasteiger partial charge in [0, 0.05) is 13.1 Å². The highest BCUT2D eigenvalue weighted by atomic mass is 16.5. The minimum atomic E-state index is -0.701. The highest BCUT2D eigenvalue weighted by molar-refractivity contribution is 6.15. The summed E-state index contributed by atoms with van der Waals surface area (Å²) in [6.07, 6.45) is 2.30. The molecule has 0 aliphatic carbocycles. The molecule has 1 aromatic carbocycles. The van der Waals surface area contributed by atoms with Crippen LogP contribution in [0.3, 0.4) is 0 Å². The summed E-state index contributed by atoms with van der Waals surface area (Å²) in [4.78, 5) is 30.1. The molecule has 0 saturated carbocycles. The molecule has 7 heteroatoms. The molecule has 0 radical (unpaired) electrons. The number of ether oxygens (including phenoxy) is 1. The zero-order valence-corrected chi connectivity index (χ0v) is 17.3. The van der Waals surface area contributed by atoms with Gasteiger partial charge < -0.3 is 24.1 Å². The minimum absolute atomic E-state index is 0.0454. The van der Waals surface area contributed by atoms with Crippen molar-refractivity contribution in [2.45, 2.75) is 25.8 Å². The first-order valence-electron chi connectivity index (χ1n) is 10.2. The lowest BCUT2D eigenvalue weighted by molar-refractivity contribution is -0.129. The largest absolute Gasteiger partial charge is 0.503 e. The van der Waals surface area contributed by atoms with Crippen LogP contribution in [-0.2, 0) is 4.79 Å². The second-order valence-corrected chi connectivity index (χ2v) is 7.73. The first-order valence-corrected chi connectivity index (χ1v) is 10.2. The fourth-order valence-corrected chi connectivity index (χ4v) is 4.22. The van der Waals surface area contributed by atoms with Crippen molar-refractivity contribution in [1.82, 2.24) is 9.80 Å². The molecule has 7 nitrogen and oxygen atoms in total. The lowest BCUT2D eigenvalue weighted by Gasteiger charge is -2.28. The van der Waals surface area contributed by atoms with E-state index in [9.17, 15) is 14.7 Å². The van der Waals surface area contributed by atoms with Crippen LogP contribution in [0.15, 0.2) is 52.1 Å². The van der Waals surface area contributed by atoms with Gasteiger partial charge in [0.15, 0.2) is 11.5 Å². The lowest BCUT2D eigenvalue weighted by atomic mass is 9.95. The predicted octanol–water partition coefficient (Wildman–Crippen LogP) is 3.27. The second-order valence-electron chi connectivity index (χ2n) is 7.73. The smallest absolute Gasteiger partial charge is 0.290 e. The molecule has 1 N–H and O–H groups in total. The van der Waals surface area contributed by atoms with Gasteiger partial charge in [0.2, 0.25) is 5.78 Å². The number of hydrogen-bond donors (Lipinski definition) is 1. The quantitative estimate of drug-likeness (QED) is 0.706. The van der Waals surface area contributed by atoms with E-state index in [0.29, 0.717) is 30.2 Å². The number of furan rings is 1. The highest BCUT2D eigenvalue weighted by Gasteiger charge is 2.44. The van der Waals surface area contributed by atoms with Gasteiger partial charge in [0.05, 0.1) is 18.7 Å². The van der Waals surface area contributed by atoms with Crippen molar-refractivity contribution in [2.24, 2.45) is 0 Å². The van der Waals surface area contributed by atoms with Crippen molar-refractivity contribution in [1.29, 1.82) is 0 Å². The monoisotopic (exact) mass is 410 g/mol. The number of rotatable bonds is 7. The normalized spacial score (nSPS) is 19.7. The van der Waals surface area contributed by atoms with Crippen molar-refractivity contribution in [3.05, 3.63) is 64.8 Å². The third-order valence-corrected chi connectivity index (χ3v) is 5.78. The van der Waals surface area contributed by atoms with E-state index in [0.717, 1.165) is 25.9 Å². The Bertz CT molecular complexity index is 987. The molecule has 1 fully saturated rings. The molecule has 0 bridgehead atoms. The summed E-state index contributed by atoms with van der Waals surface area (Å²) in [7, 11) is 1.56. The number of hydrogen-bond acceptors (Lipinski definition) is 6. The average Bonchev–Trinajstić information content (AvgIpc) is 3.48. The molecule has 3 heterocycles. The number of benzene rings is 1. The Morgan fingerprint density at radius 2 is 1.97 bits per heavy atom. The fourth-order valence-electron chi connectivity index (χ4n) is 4.22. The van der Waals surface area contributed by atoms with E-state index in [1.807, 2.05) is 12.1 Å². The lowest BCUT2D eigenvalue weighted by Crippen LogP contribution is -2.37. The van der Waals surface area contributed by atoms with Crippen molar-refractivity contribution in [3.63, 3.8) is 0 Å². The molecule has 1 aromatic heterocycles. The molecular formula is C23H26N2O5. The SMILES string of the molecule is COc1cccc(C2C(C(=O)c3ccc(C)o3)=C(O)C(=O)N2CCN2CCCC2)c1. The molecule has 4 rings (SSSR count). The first kappa shape index (κ1) is 20.2. The van der Waals surface area contributed by atoms with Gasteiger partial charge in [-0.2, -0.15) is 0 Å². The van der Waals surface area contributed by atoms with Crippen molar-refractivity contribution in [2.75, 3.05) is 33.3 Å². The summed E-state index contributed by atoms with van der Waals surface area (Å²) >= 11 is 0. The molecule has 1 atom stereocenters. The summed E-state index contributed by atoms with van der Waals surface area (Å²) in [5.74, 6) is -0.212. The number of ketones is 1. The molecule has 2 aromatic rings. The number of aliphatic hydroxyl groups excluding tert-OH is 1. The number of aryl methyl sites for hydroxylation is 1. The van der Waals surface area contributed by atoms with Gasteiger partial charge in [-0.3, -0.25) is 9.59 Å². The average molecular weight is 410 g/mol. The van der Waals surface area contributed by atoms with Crippen molar-refractivity contribution in [3.8, 4) is 5.75 Å². The van der Waals surface area contributed by atoms with E-state index < -0.39 is 23.5 Å². The van der Waals surface area contributed by atoms with Crippen LogP contribution >= 0.6 is 0 Å². The van der Waals surface area contributed by atoms with Gasteiger partial charge in [-0.15, -0.1) is 0 Å². The van der Waals surface area contributed by atoms with E-state index in [1.165, 1.54) is 0 Å². The zero-order chi connectivity index (χ0) is 21.3. The molecule has 0 spiro atoms. The van der Waals surface area contributed by atoms with E-state index in [4.69, 9.17) is 9.15 Å². The summed E-state index contributed by atoms with van der Waals surface area (Å²) in [6.45, 7) is 4.86. The Labute approximate surface area is 175 Å². The van der Waals surface area contributed by atoms with Crippen LogP contribution in [0.25, 0.3) is 0 Å². The zero-order valence-electron chi connectivity index (χ0n) is 17.3. The van der Waals surface area contributed by atoms with Crippen molar-refractivity contribution >= 4 is 11.7 Å². The van der Waals surface area contributed by atoms with Gasteiger partial charge >= 0.3 is 0 Å². The van der Waals surface area contributed by atoms with Gasteiger partial charge in [-0.25, -0.2) is 0 Å². The van der Waals surface area contributed by atoms with Crippen LogP contribution < -0.4 is 4.74 Å². The number of nitrogens with zero attached hydrogens (tertiary/aromatic N) is 2. The van der Waals surface area contributed by atoms with Crippen molar-refractivity contribution < 1.29 is 23.8 Å². The Balaban J connectivity index is 1.71. The van der Waals surface area contributed by atoms with Gasteiger partial charge in [0.1, 0.15) is 11.5 Å². The number of aliphatic hydroxyl groups is 1. The van der Waals surface area contributed by atoms with Gasteiger partial charge in [-0.1, -0.05) is 12.1 Å². The standard InChI is InChI=1S/C23H26N2O5/c1-15-8-9-18(30-15)21(26)19-20(16-6-5-7-17(14-16)29-2)25(23(28)22(19)27)13-12-24-10-3-4-11-24/h5-9,14,20,27H,3-4,10-13H2,1-2H3. The summed E-state index contributed by atoms with van der Waals surface area (Å²) < 4.78 is 10.8. The second kappa shape index (κ2) is 8.36. The maximum absolute atomic E-state index is 13.2. The predicted molar refractivity (Wildman–Crippen MR) is 111 cm³/mol. The minimum Gasteiger partial charge on any atom is -0.503 e. The van der Waals surface area contributed by atoms with Crippen LogP contribution in [0.5, 0.6) is 5.75 Å². The van der Waals surface area contributed by atoms with Crippen LogP contribution in [0.4, 0.5) is 0 Å². The molecular weight excluding hydrogens is 384 g/mol. The highest BCUT2D eigenvalue weighted by Crippen LogP contribution is 2.40. The molecule has 1 unspecified atom stereocenters. The summed E-state index contributed by atoms with van der Waals surface area (Å²) in [5, 5.41) is 10.7. The molecule has 2 aliphatic rings. The fraction of sp³-hybridized carbons (Fsp3) is 0.391. The van der Waals surface area contributed by atoms with Gasteiger partial charge in [-0.05, 0) is 62.7 Å². The van der Waals surface area contributed by atoms with Crippen LogP contribution in [0.2, 0.25) is 0 Å². The summed E-state index contributed by atoms with van der Waals surface area (Å²) in [5.41, 5.74) is 0.754. The maximum Gasteiger partial charge on any atom is 0.290 e. The van der Waals surface area contributed by atoms with Gasteiger partial charge in [0.25, 0.3) is 5.91 Å². The Hall–Kier alpha value is -3.06. The van der Waals surface area contributed by atoms with E-state index in [-0.39, 0.29) is 11.3 Å². The number of methoxy groups -OCH3 is 1. The third-order valence-electron chi connectivity index (χ3n) is 5.78. The van der Waals surface area contributed by atoms with E-state index in [1.54, 1.807) is 43.2 Å². The maximum atomic E-state index is 13.2. The Kier molecular flexibility index (Phi) is 5.63. The third kappa shape index (κ3) is 3.73. The number of likely N-dealkylation sites (tertiary alicyclic amines) is 1. The topological polar surface area (TPSA) is 83.2 Å². The first-order chi connectivity index (χ1) is 14.5. The Morgan fingerprint density at radius 3 is 2.63 bits per heavy atom.